The van der Waals surface area contributed by atoms with E-state index in [1.165, 1.54) is 25.5 Å². The quantitative estimate of drug-likeness (QED) is 0.589. The van der Waals surface area contributed by atoms with Crippen molar-refractivity contribution < 1.29 is 28.3 Å². The monoisotopic (exact) mass is 400 g/mol. The summed E-state index contributed by atoms with van der Waals surface area (Å²) in [6.45, 7) is -0.455. The van der Waals surface area contributed by atoms with Gasteiger partial charge >= 0.3 is 5.97 Å². The van der Waals surface area contributed by atoms with Gasteiger partial charge in [-0.3, -0.25) is 9.59 Å². The molecule has 9 heteroatoms. The number of benzene rings is 1. The molecule has 0 aliphatic rings. The van der Waals surface area contributed by atoms with Crippen molar-refractivity contribution in [3.8, 4) is 5.75 Å². The van der Waals surface area contributed by atoms with Crippen LogP contribution in [0.2, 0.25) is 0 Å². The Hall–Kier alpha value is -3.59. The lowest BCUT2D eigenvalue weighted by Gasteiger charge is -2.09. The van der Waals surface area contributed by atoms with Crippen LogP contribution in [0.3, 0.4) is 0 Å². The molecule has 28 heavy (non-hydrogen) atoms. The third kappa shape index (κ3) is 4.77. The number of para-hydroxylation sites is 2. The van der Waals surface area contributed by atoms with Gasteiger partial charge in [0.05, 0.1) is 24.1 Å². The standard InChI is InChI=1S/C19H16N2O6S/c1-25-13-6-3-2-5-12(13)20-16(22)11-27-19(24)15-8-9-17(28-15)21-18(23)14-7-4-10-26-14/h2-10H,11H2,1H3,(H,20,22)(H,21,23). The van der Waals surface area contributed by atoms with Crippen molar-refractivity contribution in [2.75, 3.05) is 24.4 Å². The summed E-state index contributed by atoms with van der Waals surface area (Å²) in [5.41, 5.74) is 0.477. The SMILES string of the molecule is COc1ccccc1NC(=O)COC(=O)c1ccc(NC(=O)c2ccco2)s1. The molecule has 0 aliphatic carbocycles. The van der Waals surface area contributed by atoms with Crippen molar-refractivity contribution in [2.24, 2.45) is 0 Å². The molecule has 0 spiro atoms. The molecule has 2 amide bonds. The van der Waals surface area contributed by atoms with E-state index >= 15 is 0 Å². The maximum absolute atomic E-state index is 12.1. The van der Waals surface area contributed by atoms with E-state index in [9.17, 15) is 14.4 Å². The predicted octanol–water partition coefficient (Wildman–Crippen LogP) is 3.40. The molecule has 0 bridgehead atoms. The zero-order valence-corrected chi connectivity index (χ0v) is 15.6. The number of carbonyl (C=O) groups excluding carboxylic acids is 3. The van der Waals surface area contributed by atoms with E-state index in [2.05, 4.69) is 10.6 Å². The Morgan fingerprint density at radius 2 is 1.86 bits per heavy atom. The average molecular weight is 400 g/mol. The van der Waals surface area contributed by atoms with Crippen molar-refractivity contribution >= 4 is 39.8 Å². The summed E-state index contributed by atoms with van der Waals surface area (Å²) in [6.07, 6.45) is 1.39. The van der Waals surface area contributed by atoms with E-state index in [4.69, 9.17) is 13.9 Å². The summed E-state index contributed by atoms with van der Waals surface area (Å²) in [5.74, 6) is -0.940. The molecular weight excluding hydrogens is 384 g/mol. The lowest BCUT2D eigenvalue weighted by Crippen LogP contribution is -2.20. The number of ether oxygens (including phenoxy) is 2. The van der Waals surface area contributed by atoms with Crippen molar-refractivity contribution in [3.63, 3.8) is 0 Å². The highest BCUT2D eigenvalue weighted by atomic mass is 32.1. The summed E-state index contributed by atoms with van der Waals surface area (Å²) in [7, 11) is 1.49. The molecule has 8 nitrogen and oxygen atoms in total. The van der Waals surface area contributed by atoms with E-state index in [-0.39, 0.29) is 10.6 Å². The molecule has 0 unspecified atom stereocenters. The second-order valence-electron chi connectivity index (χ2n) is 5.42. The van der Waals surface area contributed by atoms with Crippen LogP contribution < -0.4 is 15.4 Å². The highest BCUT2D eigenvalue weighted by Crippen LogP contribution is 2.24. The number of rotatable bonds is 7. The summed E-state index contributed by atoms with van der Waals surface area (Å²) >= 11 is 1.03. The van der Waals surface area contributed by atoms with Crippen molar-refractivity contribution in [2.45, 2.75) is 0 Å². The number of thiophene rings is 1. The molecule has 3 aromatic rings. The fraction of sp³-hybridized carbons (Fsp3) is 0.105. The van der Waals surface area contributed by atoms with Gasteiger partial charge in [0.25, 0.3) is 11.8 Å². The number of methoxy groups -OCH3 is 1. The van der Waals surface area contributed by atoms with Crippen LogP contribution in [0.5, 0.6) is 5.75 Å². The van der Waals surface area contributed by atoms with E-state index in [0.29, 0.717) is 16.4 Å². The van der Waals surface area contributed by atoms with Crippen LogP contribution in [0.25, 0.3) is 0 Å². The van der Waals surface area contributed by atoms with Gasteiger partial charge in [-0.15, -0.1) is 11.3 Å². The number of esters is 1. The molecule has 3 rings (SSSR count). The van der Waals surface area contributed by atoms with E-state index in [0.717, 1.165) is 11.3 Å². The number of hydrogen-bond donors (Lipinski definition) is 2. The van der Waals surface area contributed by atoms with Gasteiger partial charge in [-0.2, -0.15) is 0 Å². The molecule has 0 atom stereocenters. The zero-order chi connectivity index (χ0) is 19.9. The van der Waals surface area contributed by atoms with E-state index < -0.39 is 24.4 Å². The second-order valence-corrected chi connectivity index (χ2v) is 6.50. The fourth-order valence-electron chi connectivity index (χ4n) is 2.23. The van der Waals surface area contributed by atoms with E-state index in [1.54, 1.807) is 36.4 Å². The molecule has 0 saturated heterocycles. The maximum atomic E-state index is 12.1. The second kappa shape index (κ2) is 8.87. The first-order valence-corrected chi connectivity index (χ1v) is 8.93. The Balaban J connectivity index is 1.51. The Morgan fingerprint density at radius 1 is 1.04 bits per heavy atom. The topological polar surface area (TPSA) is 107 Å². The smallest absolute Gasteiger partial charge is 0.348 e. The lowest BCUT2D eigenvalue weighted by molar-refractivity contribution is -0.119. The van der Waals surface area contributed by atoms with Gasteiger partial charge in [0.1, 0.15) is 10.6 Å². The Kier molecular flexibility index (Phi) is 6.07. The van der Waals surface area contributed by atoms with Gasteiger partial charge in [-0.1, -0.05) is 12.1 Å². The van der Waals surface area contributed by atoms with Gasteiger partial charge < -0.3 is 24.5 Å². The predicted molar refractivity (Wildman–Crippen MR) is 103 cm³/mol. The van der Waals surface area contributed by atoms with Gasteiger partial charge in [0.15, 0.2) is 12.4 Å². The van der Waals surface area contributed by atoms with Gasteiger partial charge in [0.2, 0.25) is 0 Å². The van der Waals surface area contributed by atoms with Crippen molar-refractivity contribution in [1.82, 2.24) is 0 Å². The van der Waals surface area contributed by atoms with Gasteiger partial charge in [-0.05, 0) is 36.4 Å². The third-order valence-corrected chi connectivity index (χ3v) is 4.49. The lowest BCUT2D eigenvalue weighted by atomic mass is 10.3. The fourth-order valence-corrected chi connectivity index (χ4v) is 3.03. The first-order valence-electron chi connectivity index (χ1n) is 8.11. The number of furan rings is 1. The van der Waals surface area contributed by atoms with Crippen LogP contribution in [0.15, 0.2) is 59.2 Å². The summed E-state index contributed by atoms with van der Waals surface area (Å²) in [4.78, 5) is 36.3. The molecule has 2 heterocycles. The number of hydrogen-bond acceptors (Lipinski definition) is 7. The van der Waals surface area contributed by atoms with Crippen LogP contribution in [0, 0.1) is 0 Å². The zero-order valence-electron chi connectivity index (χ0n) is 14.8. The Morgan fingerprint density at radius 3 is 2.61 bits per heavy atom. The molecule has 0 saturated carbocycles. The number of nitrogens with one attached hydrogen (secondary N) is 2. The Labute approximate surface area is 164 Å². The molecule has 0 aliphatic heterocycles. The van der Waals surface area contributed by atoms with Crippen LogP contribution in [-0.2, 0) is 9.53 Å². The number of carbonyl (C=O) groups is 3. The first kappa shape index (κ1) is 19.2. The maximum Gasteiger partial charge on any atom is 0.348 e. The molecule has 1 aromatic carbocycles. The van der Waals surface area contributed by atoms with Crippen molar-refractivity contribution in [3.05, 3.63) is 65.4 Å². The minimum absolute atomic E-state index is 0.158. The average Bonchev–Trinajstić information content (AvgIpc) is 3.38. The van der Waals surface area contributed by atoms with Gasteiger partial charge in [0, 0.05) is 0 Å². The number of anilines is 2. The minimum Gasteiger partial charge on any atom is -0.495 e. The first-order chi connectivity index (χ1) is 13.6. The summed E-state index contributed by atoms with van der Waals surface area (Å²) in [5, 5.41) is 5.68. The van der Waals surface area contributed by atoms with Crippen LogP contribution in [0.1, 0.15) is 20.2 Å². The molecule has 144 valence electrons. The van der Waals surface area contributed by atoms with E-state index in [1.807, 2.05) is 0 Å². The highest BCUT2D eigenvalue weighted by Gasteiger charge is 2.16. The third-order valence-electron chi connectivity index (χ3n) is 3.50. The molecule has 2 N–H and O–H groups in total. The largest absolute Gasteiger partial charge is 0.495 e. The van der Waals surface area contributed by atoms with Crippen LogP contribution >= 0.6 is 11.3 Å². The summed E-state index contributed by atoms with van der Waals surface area (Å²) in [6, 6.07) is 13.1. The molecule has 2 aromatic heterocycles. The van der Waals surface area contributed by atoms with Crippen LogP contribution in [-0.4, -0.2) is 31.5 Å². The Bertz CT molecular complexity index is 980. The number of amides is 2. The molecule has 0 fully saturated rings. The molecular formula is C19H16N2O6S. The van der Waals surface area contributed by atoms with Crippen LogP contribution in [0.4, 0.5) is 10.7 Å². The minimum atomic E-state index is -0.668. The van der Waals surface area contributed by atoms with Crippen molar-refractivity contribution in [1.29, 1.82) is 0 Å². The summed E-state index contributed by atoms with van der Waals surface area (Å²) < 4.78 is 15.2. The highest BCUT2D eigenvalue weighted by molar-refractivity contribution is 7.18. The van der Waals surface area contributed by atoms with Gasteiger partial charge in [-0.25, -0.2) is 4.79 Å². The molecule has 0 radical (unpaired) electrons. The normalized spacial score (nSPS) is 10.2.